The predicted molar refractivity (Wildman–Crippen MR) is 78.2 cm³/mol. The minimum absolute atomic E-state index is 0.280. The van der Waals surface area contributed by atoms with Gasteiger partial charge >= 0.3 is 0 Å². The molecule has 0 radical (unpaired) electrons. The van der Waals surface area contributed by atoms with Crippen LogP contribution in [0.2, 0.25) is 5.02 Å². The Labute approximate surface area is 125 Å². The second-order valence-electron chi connectivity index (χ2n) is 4.59. The van der Waals surface area contributed by atoms with E-state index < -0.39 is 6.10 Å². The van der Waals surface area contributed by atoms with Gasteiger partial charge in [-0.1, -0.05) is 17.7 Å². The number of methoxy groups -OCH3 is 1. The summed E-state index contributed by atoms with van der Waals surface area (Å²) < 4.78 is 24.0. The van der Waals surface area contributed by atoms with Gasteiger partial charge in [-0.15, -0.1) is 0 Å². The van der Waals surface area contributed by atoms with Crippen molar-refractivity contribution in [3.8, 4) is 5.75 Å². The number of fused-ring (bicyclic) bond motifs is 1. The number of aliphatic hydroxyl groups is 1. The zero-order chi connectivity index (χ0) is 15.0. The van der Waals surface area contributed by atoms with Crippen LogP contribution in [0.5, 0.6) is 5.75 Å². The Morgan fingerprint density at radius 1 is 1.24 bits per heavy atom. The fourth-order valence-electron chi connectivity index (χ4n) is 2.27. The molecule has 2 aromatic carbocycles. The van der Waals surface area contributed by atoms with E-state index in [4.69, 9.17) is 20.8 Å². The Hall–Kier alpha value is -2.04. The van der Waals surface area contributed by atoms with Crippen LogP contribution in [0.3, 0.4) is 0 Å². The minimum Gasteiger partial charge on any atom is -0.496 e. The van der Waals surface area contributed by atoms with Gasteiger partial charge in [0.15, 0.2) is 0 Å². The first-order chi connectivity index (χ1) is 10.1. The maximum Gasteiger partial charge on any atom is 0.142 e. The zero-order valence-corrected chi connectivity index (χ0v) is 11.9. The van der Waals surface area contributed by atoms with Crippen LogP contribution in [0, 0.1) is 5.82 Å². The van der Waals surface area contributed by atoms with Crippen LogP contribution in [0.4, 0.5) is 4.39 Å². The zero-order valence-electron chi connectivity index (χ0n) is 11.1. The van der Waals surface area contributed by atoms with Crippen molar-refractivity contribution in [3.63, 3.8) is 0 Å². The fourth-order valence-corrected chi connectivity index (χ4v) is 2.54. The molecule has 3 rings (SSSR count). The molecule has 0 aliphatic carbocycles. The van der Waals surface area contributed by atoms with E-state index in [2.05, 4.69) is 0 Å². The topological polar surface area (TPSA) is 42.6 Å². The highest BCUT2D eigenvalue weighted by molar-refractivity contribution is 6.31. The van der Waals surface area contributed by atoms with Gasteiger partial charge in [0.05, 0.1) is 12.1 Å². The lowest BCUT2D eigenvalue weighted by Gasteiger charge is -2.14. The van der Waals surface area contributed by atoms with Crippen LogP contribution in [0.1, 0.15) is 17.4 Å². The first kappa shape index (κ1) is 13.9. The predicted octanol–water partition coefficient (Wildman–Crippen LogP) is 4.32. The highest BCUT2D eigenvalue weighted by Crippen LogP contribution is 2.37. The summed E-state index contributed by atoms with van der Waals surface area (Å²) in [5.41, 5.74) is 0.915. The highest BCUT2D eigenvalue weighted by atomic mass is 35.5. The molecule has 1 heterocycles. The maximum atomic E-state index is 13.2. The van der Waals surface area contributed by atoms with Crippen molar-refractivity contribution < 1.29 is 18.7 Å². The molecule has 3 aromatic rings. The van der Waals surface area contributed by atoms with Gasteiger partial charge in [0.2, 0.25) is 0 Å². The van der Waals surface area contributed by atoms with Crippen LogP contribution in [0.15, 0.2) is 46.9 Å². The van der Waals surface area contributed by atoms with Gasteiger partial charge in [-0.2, -0.15) is 0 Å². The lowest BCUT2D eigenvalue weighted by molar-refractivity contribution is 0.188. The molecule has 21 heavy (non-hydrogen) atoms. The summed E-state index contributed by atoms with van der Waals surface area (Å²) in [6.07, 6.45) is -1.09. The Balaban J connectivity index is 2.10. The Morgan fingerprint density at radius 2 is 2.05 bits per heavy atom. The van der Waals surface area contributed by atoms with Crippen LogP contribution in [0.25, 0.3) is 11.0 Å². The normalized spacial score (nSPS) is 12.6. The van der Waals surface area contributed by atoms with Crippen LogP contribution >= 0.6 is 11.6 Å². The lowest BCUT2D eigenvalue weighted by Crippen LogP contribution is -2.02. The van der Waals surface area contributed by atoms with Gasteiger partial charge in [0.25, 0.3) is 0 Å². The van der Waals surface area contributed by atoms with Crippen LogP contribution in [-0.2, 0) is 0 Å². The van der Waals surface area contributed by atoms with E-state index in [1.165, 1.54) is 25.3 Å². The molecule has 0 bridgehead atoms. The van der Waals surface area contributed by atoms with E-state index in [1.807, 2.05) is 0 Å². The third-order valence-corrected chi connectivity index (χ3v) is 3.60. The quantitative estimate of drug-likeness (QED) is 0.784. The molecule has 1 N–H and O–H groups in total. The number of hydrogen-bond donors (Lipinski definition) is 1. The van der Waals surface area contributed by atoms with Crippen LogP contribution in [-0.4, -0.2) is 12.2 Å². The van der Waals surface area contributed by atoms with Crippen molar-refractivity contribution in [2.75, 3.05) is 7.11 Å². The van der Waals surface area contributed by atoms with E-state index in [-0.39, 0.29) is 11.6 Å². The molecule has 0 aliphatic heterocycles. The Kier molecular flexibility index (Phi) is 3.57. The second kappa shape index (κ2) is 5.39. The number of rotatable bonds is 3. The lowest BCUT2D eigenvalue weighted by atomic mass is 10.1. The molecule has 1 unspecified atom stereocenters. The SMILES string of the molecule is COc1cccc(Cl)c1C(O)c1cc2cc(F)ccc2o1. The smallest absolute Gasteiger partial charge is 0.142 e. The van der Waals surface area contributed by atoms with Crippen molar-refractivity contribution in [2.45, 2.75) is 6.10 Å². The van der Waals surface area contributed by atoms with E-state index in [9.17, 15) is 9.50 Å². The second-order valence-corrected chi connectivity index (χ2v) is 5.00. The molecule has 0 amide bonds. The number of aliphatic hydroxyl groups excluding tert-OH is 1. The van der Waals surface area contributed by atoms with Gasteiger partial charge in [-0.3, -0.25) is 0 Å². The van der Waals surface area contributed by atoms with Gasteiger partial charge in [-0.25, -0.2) is 4.39 Å². The van der Waals surface area contributed by atoms with E-state index in [0.717, 1.165) is 0 Å². The summed E-state index contributed by atoms with van der Waals surface area (Å²) in [6.45, 7) is 0. The van der Waals surface area contributed by atoms with Crippen molar-refractivity contribution in [1.82, 2.24) is 0 Å². The summed E-state index contributed by atoms with van der Waals surface area (Å²) in [4.78, 5) is 0. The molecular weight excluding hydrogens is 295 g/mol. The van der Waals surface area contributed by atoms with Crippen molar-refractivity contribution in [2.24, 2.45) is 0 Å². The molecule has 1 atom stereocenters. The Morgan fingerprint density at radius 3 is 2.81 bits per heavy atom. The maximum absolute atomic E-state index is 13.2. The molecule has 108 valence electrons. The fraction of sp³-hybridized carbons (Fsp3) is 0.125. The largest absolute Gasteiger partial charge is 0.496 e. The molecule has 3 nitrogen and oxygen atoms in total. The first-order valence-electron chi connectivity index (χ1n) is 6.29. The number of hydrogen-bond acceptors (Lipinski definition) is 3. The molecule has 0 saturated heterocycles. The standard InChI is InChI=1S/C16H12ClFO3/c1-20-13-4-2-3-11(17)15(13)16(19)14-8-9-7-10(18)5-6-12(9)21-14/h2-8,16,19H,1H3. The molecular formula is C16H12ClFO3. The van der Waals surface area contributed by atoms with Gasteiger partial charge in [-0.05, 0) is 36.4 Å². The van der Waals surface area contributed by atoms with E-state index in [0.29, 0.717) is 27.3 Å². The molecule has 5 heteroatoms. The summed E-state index contributed by atoms with van der Waals surface area (Å²) in [7, 11) is 1.50. The molecule has 0 aliphatic rings. The average molecular weight is 307 g/mol. The monoisotopic (exact) mass is 306 g/mol. The van der Waals surface area contributed by atoms with Gasteiger partial charge < -0.3 is 14.3 Å². The molecule has 0 spiro atoms. The molecule has 0 saturated carbocycles. The summed E-state index contributed by atoms with van der Waals surface area (Å²) in [5.74, 6) is 0.378. The number of benzene rings is 2. The number of halogens is 2. The van der Waals surface area contributed by atoms with E-state index in [1.54, 1.807) is 24.3 Å². The van der Waals surface area contributed by atoms with Crippen molar-refractivity contribution in [3.05, 3.63) is 64.6 Å². The van der Waals surface area contributed by atoms with Gasteiger partial charge in [0.1, 0.15) is 29.0 Å². The minimum atomic E-state index is -1.09. The average Bonchev–Trinajstić information content (AvgIpc) is 2.89. The van der Waals surface area contributed by atoms with Crippen molar-refractivity contribution in [1.29, 1.82) is 0 Å². The number of ether oxygens (including phenoxy) is 1. The highest BCUT2D eigenvalue weighted by Gasteiger charge is 2.22. The van der Waals surface area contributed by atoms with E-state index >= 15 is 0 Å². The summed E-state index contributed by atoms with van der Waals surface area (Å²) in [6, 6.07) is 10.8. The third kappa shape index (κ3) is 2.48. The molecule has 0 fully saturated rings. The van der Waals surface area contributed by atoms with Crippen molar-refractivity contribution >= 4 is 22.6 Å². The van der Waals surface area contributed by atoms with Gasteiger partial charge in [0, 0.05) is 10.9 Å². The van der Waals surface area contributed by atoms with Crippen LogP contribution < -0.4 is 4.74 Å². The first-order valence-corrected chi connectivity index (χ1v) is 6.67. The Bertz CT molecular complexity index is 797. The molecule has 1 aromatic heterocycles. The number of furan rings is 1. The summed E-state index contributed by atoms with van der Waals surface area (Å²) >= 11 is 6.14. The third-order valence-electron chi connectivity index (χ3n) is 3.27. The summed E-state index contributed by atoms with van der Waals surface area (Å²) in [5, 5.41) is 11.5.